The summed E-state index contributed by atoms with van der Waals surface area (Å²) in [5.74, 6) is 0.819. The Balaban J connectivity index is 1.84. The zero-order valence-corrected chi connectivity index (χ0v) is 11.9. The molecule has 2 atom stereocenters. The quantitative estimate of drug-likeness (QED) is 0.926. The fraction of sp³-hybridized carbons (Fsp3) is 0.500. The highest BCUT2D eigenvalue weighted by Gasteiger charge is 2.32. The van der Waals surface area contributed by atoms with E-state index in [1.54, 1.807) is 0 Å². The Morgan fingerprint density at radius 3 is 3.00 bits per heavy atom. The standard InChI is InChI=1S/C16H21N3O/c1-19-15-8-3-2-6-13(15)14(18-19)9-16(20)12-7-4-5-11(12)10-17/h2-3,6,8,11-12H,4-5,7,9-10,17H2,1H3. The van der Waals surface area contributed by atoms with E-state index in [-0.39, 0.29) is 5.92 Å². The number of ketones is 1. The predicted octanol–water partition coefficient (Wildman–Crippen LogP) is 2.06. The van der Waals surface area contributed by atoms with Crippen molar-refractivity contribution in [3.8, 4) is 0 Å². The van der Waals surface area contributed by atoms with Crippen LogP contribution in [0.2, 0.25) is 0 Å². The van der Waals surface area contributed by atoms with Crippen molar-refractivity contribution in [1.29, 1.82) is 0 Å². The van der Waals surface area contributed by atoms with Gasteiger partial charge in [-0.3, -0.25) is 9.48 Å². The van der Waals surface area contributed by atoms with Crippen molar-refractivity contribution < 1.29 is 4.79 Å². The molecule has 1 fully saturated rings. The molecule has 0 radical (unpaired) electrons. The van der Waals surface area contributed by atoms with E-state index in [1.165, 1.54) is 0 Å². The molecule has 0 bridgehead atoms. The topological polar surface area (TPSA) is 60.9 Å². The average Bonchev–Trinajstić information content (AvgIpc) is 3.05. The molecule has 0 aliphatic heterocycles. The first kappa shape index (κ1) is 13.3. The van der Waals surface area contributed by atoms with E-state index in [1.807, 2.05) is 36.0 Å². The van der Waals surface area contributed by atoms with Crippen molar-refractivity contribution in [2.75, 3.05) is 6.54 Å². The second-order valence-corrected chi connectivity index (χ2v) is 5.76. The molecule has 1 aromatic carbocycles. The smallest absolute Gasteiger partial charge is 0.142 e. The number of hydrogen-bond acceptors (Lipinski definition) is 3. The van der Waals surface area contributed by atoms with Crippen LogP contribution in [-0.4, -0.2) is 22.1 Å². The van der Waals surface area contributed by atoms with Gasteiger partial charge in [0.15, 0.2) is 0 Å². The predicted molar refractivity (Wildman–Crippen MR) is 79.3 cm³/mol. The number of para-hydroxylation sites is 1. The molecule has 2 aromatic rings. The van der Waals surface area contributed by atoms with Crippen LogP contribution in [0.15, 0.2) is 24.3 Å². The number of carbonyl (C=O) groups is 1. The van der Waals surface area contributed by atoms with Crippen LogP contribution in [-0.2, 0) is 18.3 Å². The van der Waals surface area contributed by atoms with Gasteiger partial charge < -0.3 is 5.73 Å². The summed E-state index contributed by atoms with van der Waals surface area (Å²) in [5, 5.41) is 5.61. The highest BCUT2D eigenvalue weighted by Crippen LogP contribution is 2.32. The zero-order chi connectivity index (χ0) is 14.1. The number of benzene rings is 1. The van der Waals surface area contributed by atoms with E-state index < -0.39 is 0 Å². The maximum atomic E-state index is 12.5. The summed E-state index contributed by atoms with van der Waals surface area (Å²) >= 11 is 0. The number of carbonyl (C=O) groups excluding carboxylic acids is 1. The minimum absolute atomic E-state index is 0.140. The average molecular weight is 271 g/mol. The number of rotatable bonds is 4. The molecule has 2 N–H and O–H groups in total. The third-order valence-corrected chi connectivity index (χ3v) is 4.55. The Labute approximate surface area is 119 Å². The normalized spacial score (nSPS) is 22.5. The molecule has 4 nitrogen and oxygen atoms in total. The first-order valence-corrected chi connectivity index (χ1v) is 7.34. The molecule has 20 heavy (non-hydrogen) atoms. The number of nitrogens with two attached hydrogens (primary N) is 1. The van der Waals surface area contributed by atoms with Crippen LogP contribution in [0.5, 0.6) is 0 Å². The minimum Gasteiger partial charge on any atom is -0.330 e. The number of hydrogen-bond donors (Lipinski definition) is 1. The number of aryl methyl sites for hydroxylation is 1. The molecule has 0 amide bonds. The van der Waals surface area contributed by atoms with Gasteiger partial charge in [-0.2, -0.15) is 5.10 Å². The summed E-state index contributed by atoms with van der Waals surface area (Å²) in [6.07, 6.45) is 3.64. The summed E-state index contributed by atoms with van der Waals surface area (Å²) in [7, 11) is 1.93. The molecular formula is C16H21N3O. The van der Waals surface area contributed by atoms with Crippen molar-refractivity contribution >= 4 is 16.7 Å². The monoisotopic (exact) mass is 271 g/mol. The first-order chi connectivity index (χ1) is 9.70. The molecule has 106 valence electrons. The second kappa shape index (κ2) is 5.37. The second-order valence-electron chi connectivity index (χ2n) is 5.76. The third kappa shape index (κ3) is 2.24. The van der Waals surface area contributed by atoms with Gasteiger partial charge in [0.2, 0.25) is 0 Å². The molecule has 0 saturated heterocycles. The van der Waals surface area contributed by atoms with Gasteiger partial charge in [-0.1, -0.05) is 24.6 Å². The number of Topliss-reactive ketones (excluding diaryl/α,β-unsaturated/α-hetero) is 1. The van der Waals surface area contributed by atoms with E-state index in [0.717, 1.165) is 35.9 Å². The maximum absolute atomic E-state index is 12.5. The van der Waals surface area contributed by atoms with Crippen LogP contribution >= 0.6 is 0 Å². The van der Waals surface area contributed by atoms with Gasteiger partial charge in [0.05, 0.1) is 17.6 Å². The largest absolute Gasteiger partial charge is 0.330 e. The van der Waals surface area contributed by atoms with E-state index in [2.05, 4.69) is 5.10 Å². The summed E-state index contributed by atoms with van der Waals surface area (Å²) in [5.41, 5.74) is 7.76. The fourth-order valence-corrected chi connectivity index (χ4v) is 3.46. The molecule has 0 spiro atoms. The van der Waals surface area contributed by atoms with Gasteiger partial charge in [0.1, 0.15) is 5.78 Å². The number of nitrogens with zero attached hydrogens (tertiary/aromatic N) is 2. The van der Waals surface area contributed by atoms with Crippen molar-refractivity contribution in [2.24, 2.45) is 24.6 Å². The Morgan fingerprint density at radius 2 is 2.20 bits per heavy atom. The summed E-state index contributed by atoms with van der Waals surface area (Å²) < 4.78 is 1.85. The van der Waals surface area contributed by atoms with Crippen molar-refractivity contribution in [1.82, 2.24) is 9.78 Å². The Bertz CT molecular complexity index is 632. The van der Waals surface area contributed by atoms with Crippen LogP contribution in [0.4, 0.5) is 0 Å². The minimum atomic E-state index is 0.140. The third-order valence-electron chi connectivity index (χ3n) is 4.55. The van der Waals surface area contributed by atoms with E-state index in [4.69, 9.17) is 5.73 Å². The van der Waals surface area contributed by atoms with Crippen LogP contribution < -0.4 is 5.73 Å². The van der Waals surface area contributed by atoms with Crippen LogP contribution in [0.25, 0.3) is 10.9 Å². The molecule has 3 rings (SSSR count). The van der Waals surface area contributed by atoms with E-state index in [9.17, 15) is 4.79 Å². The Morgan fingerprint density at radius 1 is 1.40 bits per heavy atom. The lowest BCUT2D eigenvalue weighted by molar-refractivity contribution is -0.123. The lowest BCUT2D eigenvalue weighted by Gasteiger charge is -2.15. The number of fused-ring (bicyclic) bond motifs is 1. The fourth-order valence-electron chi connectivity index (χ4n) is 3.46. The molecule has 1 saturated carbocycles. The van der Waals surface area contributed by atoms with Gasteiger partial charge >= 0.3 is 0 Å². The molecule has 2 unspecified atom stereocenters. The number of aromatic nitrogens is 2. The van der Waals surface area contributed by atoms with E-state index in [0.29, 0.717) is 24.7 Å². The molecule has 1 heterocycles. The Hall–Kier alpha value is -1.68. The molecule has 4 heteroatoms. The van der Waals surface area contributed by atoms with Crippen molar-refractivity contribution in [3.05, 3.63) is 30.0 Å². The zero-order valence-electron chi connectivity index (χ0n) is 11.9. The van der Waals surface area contributed by atoms with Gasteiger partial charge in [-0.25, -0.2) is 0 Å². The maximum Gasteiger partial charge on any atom is 0.142 e. The summed E-state index contributed by atoms with van der Waals surface area (Å²) in [6, 6.07) is 8.07. The Kier molecular flexibility index (Phi) is 3.57. The lowest BCUT2D eigenvalue weighted by Crippen LogP contribution is -2.26. The first-order valence-electron chi connectivity index (χ1n) is 7.34. The van der Waals surface area contributed by atoms with Crippen LogP contribution in [0.3, 0.4) is 0 Å². The SMILES string of the molecule is Cn1nc(CC(=O)C2CCCC2CN)c2ccccc21. The van der Waals surface area contributed by atoms with Gasteiger partial charge in [0.25, 0.3) is 0 Å². The van der Waals surface area contributed by atoms with E-state index >= 15 is 0 Å². The molecule has 1 aliphatic rings. The van der Waals surface area contributed by atoms with Crippen molar-refractivity contribution in [2.45, 2.75) is 25.7 Å². The van der Waals surface area contributed by atoms with Crippen LogP contribution in [0, 0.1) is 11.8 Å². The molecule has 1 aliphatic carbocycles. The van der Waals surface area contributed by atoms with Crippen molar-refractivity contribution in [3.63, 3.8) is 0 Å². The summed E-state index contributed by atoms with van der Waals surface area (Å²) in [6.45, 7) is 0.624. The van der Waals surface area contributed by atoms with Gasteiger partial charge in [-0.05, 0) is 31.4 Å². The highest BCUT2D eigenvalue weighted by molar-refractivity contribution is 5.89. The lowest BCUT2D eigenvalue weighted by atomic mass is 9.89. The molecule has 1 aromatic heterocycles. The molecular weight excluding hydrogens is 250 g/mol. The van der Waals surface area contributed by atoms with Crippen LogP contribution in [0.1, 0.15) is 25.0 Å². The highest BCUT2D eigenvalue weighted by atomic mass is 16.1. The van der Waals surface area contributed by atoms with Gasteiger partial charge in [-0.15, -0.1) is 0 Å². The van der Waals surface area contributed by atoms with Gasteiger partial charge in [0, 0.05) is 18.4 Å². The summed E-state index contributed by atoms with van der Waals surface area (Å²) in [4.78, 5) is 12.5.